The van der Waals surface area contributed by atoms with Crippen LogP contribution in [0.25, 0.3) is 0 Å². The normalized spacial score (nSPS) is 13.7. The molecule has 4 nitrogen and oxygen atoms in total. The summed E-state index contributed by atoms with van der Waals surface area (Å²) in [4.78, 5) is 16.1. The van der Waals surface area contributed by atoms with Crippen molar-refractivity contribution in [1.82, 2.24) is 9.55 Å². The van der Waals surface area contributed by atoms with Gasteiger partial charge in [-0.15, -0.1) is 0 Å². The number of imidazole rings is 1. The average molecular weight is 252 g/mol. The third kappa shape index (κ3) is 4.17. The summed E-state index contributed by atoms with van der Waals surface area (Å²) in [6.07, 6.45) is 3.57. The van der Waals surface area contributed by atoms with Gasteiger partial charge in [0.2, 0.25) is 0 Å². The van der Waals surface area contributed by atoms with E-state index in [9.17, 15) is 4.79 Å². The fourth-order valence-corrected chi connectivity index (χ4v) is 1.66. The van der Waals surface area contributed by atoms with E-state index in [2.05, 4.69) is 25.8 Å². The zero-order chi connectivity index (χ0) is 13.9. The second-order valence-electron chi connectivity index (χ2n) is 6.03. The maximum atomic E-state index is 11.8. The summed E-state index contributed by atoms with van der Waals surface area (Å²) in [5, 5.41) is 0. The van der Waals surface area contributed by atoms with Crippen LogP contribution in [-0.2, 0) is 16.1 Å². The quantitative estimate of drug-likeness (QED) is 0.774. The van der Waals surface area contributed by atoms with E-state index >= 15 is 0 Å². The molecule has 0 aliphatic rings. The molecule has 18 heavy (non-hydrogen) atoms. The molecule has 0 saturated heterocycles. The first-order valence-corrected chi connectivity index (χ1v) is 6.43. The minimum Gasteiger partial charge on any atom is -0.459 e. The van der Waals surface area contributed by atoms with Gasteiger partial charge in [-0.3, -0.25) is 4.79 Å². The molecule has 0 aliphatic carbocycles. The highest BCUT2D eigenvalue weighted by Gasteiger charge is 2.20. The molecule has 0 aliphatic heterocycles. The van der Waals surface area contributed by atoms with Crippen molar-refractivity contribution >= 4 is 5.97 Å². The van der Waals surface area contributed by atoms with Crippen molar-refractivity contribution in [3.05, 3.63) is 18.2 Å². The Bertz CT molecular complexity index is 402. The predicted octanol–water partition coefficient (Wildman–Crippen LogP) is 2.98. The second-order valence-corrected chi connectivity index (χ2v) is 6.03. The first-order chi connectivity index (χ1) is 8.20. The number of carbonyl (C=O) groups is 1. The third-order valence-electron chi connectivity index (χ3n) is 2.87. The lowest BCUT2D eigenvalue weighted by Crippen LogP contribution is -2.27. The molecule has 0 N–H and O–H groups in total. The van der Waals surface area contributed by atoms with E-state index in [4.69, 9.17) is 4.74 Å². The number of aromatic nitrogens is 2. The van der Waals surface area contributed by atoms with Crippen LogP contribution in [0.1, 0.15) is 53.3 Å². The van der Waals surface area contributed by atoms with E-state index in [-0.39, 0.29) is 12.5 Å². The van der Waals surface area contributed by atoms with Gasteiger partial charge in [-0.05, 0) is 26.7 Å². The van der Waals surface area contributed by atoms with Gasteiger partial charge in [-0.25, -0.2) is 4.98 Å². The second kappa shape index (κ2) is 5.55. The number of hydrogen-bond donors (Lipinski definition) is 0. The van der Waals surface area contributed by atoms with Gasteiger partial charge < -0.3 is 9.30 Å². The number of nitrogens with zero attached hydrogens (tertiary/aromatic N) is 2. The summed E-state index contributed by atoms with van der Waals surface area (Å²) < 4.78 is 7.19. The Kier molecular flexibility index (Phi) is 4.54. The van der Waals surface area contributed by atoms with Crippen LogP contribution >= 0.6 is 0 Å². The molecule has 1 heterocycles. The topological polar surface area (TPSA) is 44.1 Å². The molecule has 1 unspecified atom stereocenters. The van der Waals surface area contributed by atoms with E-state index in [0.717, 1.165) is 5.82 Å². The summed E-state index contributed by atoms with van der Waals surface area (Å²) in [7, 11) is 0. The Morgan fingerprint density at radius 1 is 1.39 bits per heavy atom. The van der Waals surface area contributed by atoms with Crippen LogP contribution in [0.3, 0.4) is 0 Å². The maximum absolute atomic E-state index is 11.8. The molecule has 0 amide bonds. The lowest BCUT2D eigenvalue weighted by atomic mass is 9.97. The average Bonchev–Trinajstić information content (AvgIpc) is 2.61. The van der Waals surface area contributed by atoms with Gasteiger partial charge in [-0.2, -0.15) is 0 Å². The minimum absolute atomic E-state index is 0.224. The van der Waals surface area contributed by atoms with Crippen LogP contribution in [0.15, 0.2) is 12.4 Å². The molecule has 0 bridgehead atoms. The Morgan fingerprint density at radius 3 is 2.50 bits per heavy atom. The Balaban J connectivity index is 2.74. The molecule has 0 spiro atoms. The largest absolute Gasteiger partial charge is 0.459 e. The van der Waals surface area contributed by atoms with Gasteiger partial charge in [0.05, 0.1) is 0 Å². The van der Waals surface area contributed by atoms with Crippen molar-refractivity contribution in [2.45, 2.75) is 59.6 Å². The molecule has 1 aromatic heterocycles. The lowest BCUT2D eigenvalue weighted by molar-refractivity contribution is -0.155. The lowest BCUT2D eigenvalue weighted by Gasteiger charge is -2.21. The summed E-state index contributed by atoms with van der Waals surface area (Å²) >= 11 is 0. The first-order valence-electron chi connectivity index (χ1n) is 6.43. The standard InChI is InChI=1S/C14H24N2O2/c1-10(2)11(3)13-15-7-8-16(13)9-12(17)18-14(4,5)6/h7-8,10-11H,9H2,1-6H3. The van der Waals surface area contributed by atoms with E-state index < -0.39 is 5.60 Å². The van der Waals surface area contributed by atoms with Crippen molar-refractivity contribution in [2.24, 2.45) is 5.92 Å². The molecule has 0 aromatic carbocycles. The van der Waals surface area contributed by atoms with Crippen LogP contribution in [0.2, 0.25) is 0 Å². The van der Waals surface area contributed by atoms with Crippen molar-refractivity contribution in [2.75, 3.05) is 0 Å². The summed E-state index contributed by atoms with van der Waals surface area (Å²) in [6.45, 7) is 12.3. The molecule has 102 valence electrons. The molecule has 4 heteroatoms. The fraction of sp³-hybridized carbons (Fsp3) is 0.714. The molecule has 0 radical (unpaired) electrons. The summed E-state index contributed by atoms with van der Waals surface area (Å²) in [6, 6.07) is 0. The minimum atomic E-state index is -0.443. The van der Waals surface area contributed by atoms with Crippen molar-refractivity contribution < 1.29 is 9.53 Å². The molecule has 1 atom stereocenters. The number of ether oxygens (including phenoxy) is 1. The molecule has 1 aromatic rings. The van der Waals surface area contributed by atoms with Gasteiger partial charge >= 0.3 is 5.97 Å². The number of hydrogen-bond acceptors (Lipinski definition) is 3. The highest BCUT2D eigenvalue weighted by Crippen LogP contribution is 2.22. The van der Waals surface area contributed by atoms with Crippen LogP contribution in [0, 0.1) is 5.92 Å². The monoisotopic (exact) mass is 252 g/mol. The molecule has 0 fully saturated rings. The predicted molar refractivity (Wildman–Crippen MR) is 71.3 cm³/mol. The van der Waals surface area contributed by atoms with Crippen LogP contribution in [0.4, 0.5) is 0 Å². The van der Waals surface area contributed by atoms with E-state index in [1.165, 1.54) is 0 Å². The molecular formula is C14H24N2O2. The SMILES string of the molecule is CC(C)C(C)c1nccn1CC(=O)OC(C)(C)C. The molecule has 1 rings (SSSR count). The zero-order valence-electron chi connectivity index (χ0n) is 12.2. The van der Waals surface area contributed by atoms with Crippen molar-refractivity contribution in [3.63, 3.8) is 0 Å². The van der Waals surface area contributed by atoms with E-state index in [1.54, 1.807) is 6.20 Å². The van der Waals surface area contributed by atoms with Crippen molar-refractivity contribution in [1.29, 1.82) is 0 Å². The number of carbonyl (C=O) groups excluding carboxylic acids is 1. The van der Waals surface area contributed by atoms with E-state index in [0.29, 0.717) is 11.8 Å². The Labute approximate surface area is 109 Å². The number of esters is 1. The molecular weight excluding hydrogens is 228 g/mol. The maximum Gasteiger partial charge on any atom is 0.326 e. The van der Waals surface area contributed by atoms with Gasteiger partial charge in [0.25, 0.3) is 0 Å². The van der Waals surface area contributed by atoms with Crippen LogP contribution in [-0.4, -0.2) is 21.1 Å². The highest BCUT2D eigenvalue weighted by molar-refractivity contribution is 5.69. The number of rotatable bonds is 4. The highest BCUT2D eigenvalue weighted by atomic mass is 16.6. The smallest absolute Gasteiger partial charge is 0.326 e. The summed E-state index contributed by atoms with van der Waals surface area (Å²) in [5.41, 5.74) is -0.443. The van der Waals surface area contributed by atoms with Crippen LogP contribution in [0.5, 0.6) is 0 Å². The Morgan fingerprint density at radius 2 is 2.00 bits per heavy atom. The fourth-order valence-electron chi connectivity index (χ4n) is 1.66. The van der Waals surface area contributed by atoms with Crippen molar-refractivity contribution in [3.8, 4) is 0 Å². The molecule has 0 saturated carbocycles. The zero-order valence-corrected chi connectivity index (χ0v) is 12.2. The van der Waals surface area contributed by atoms with Crippen LogP contribution < -0.4 is 0 Å². The third-order valence-corrected chi connectivity index (χ3v) is 2.87. The van der Waals surface area contributed by atoms with Gasteiger partial charge in [0.1, 0.15) is 18.0 Å². The van der Waals surface area contributed by atoms with E-state index in [1.807, 2.05) is 31.5 Å². The van der Waals surface area contributed by atoms with Gasteiger partial charge in [-0.1, -0.05) is 20.8 Å². The van der Waals surface area contributed by atoms with Gasteiger partial charge in [0, 0.05) is 18.3 Å². The summed E-state index contributed by atoms with van der Waals surface area (Å²) in [5.74, 6) is 1.53. The van der Waals surface area contributed by atoms with Gasteiger partial charge in [0.15, 0.2) is 0 Å². The Hall–Kier alpha value is -1.32. The first kappa shape index (κ1) is 14.7.